The number of benzene rings is 1. The quantitative estimate of drug-likeness (QED) is 0.929. The molecule has 0 aliphatic carbocycles. The summed E-state index contributed by atoms with van der Waals surface area (Å²) < 4.78 is 5.46. The van der Waals surface area contributed by atoms with Gasteiger partial charge in [-0.3, -0.25) is 14.5 Å². The molecule has 1 atom stereocenters. The first-order chi connectivity index (χ1) is 11.4. The predicted octanol–water partition coefficient (Wildman–Crippen LogP) is 3.78. The number of rotatable bonds is 4. The third kappa shape index (κ3) is 2.52. The highest BCUT2D eigenvalue weighted by Crippen LogP contribution is 2.41. The summed E-state index contributed by atoms with van der Waals surface area (Å²) in [7, 11) is 0. The van der Waals surface area contributed by atoms with E-state index in [-0.39, 0.29) is 17.8 Å². The van der Waals surface area contributed by atoms with Gasteiger partial charge in [-0.1, -0.05) is 13.0 Å². The van der Waals surface area contributed by atoms with Gasteiger partial charge in [0.1, 0.15) is 11.8 Å². The Hall–Kier alpha value is -2.82. The Morgan fingerprint density at radius 2 is 1.92 bits per heavy atom. The van der Waals surface area contributed by atoms with Gasteiger partial charge in [0.2, 0.25) is 0 Å². The second-order valence-electron chi connectivity index (χ2n) is 5.98. The third-order valence-electron chi connectivity index (χ3n) is 4.13. The van der Waals surface area contributed by atoms with Crippen molar-refractivity contribution in [2.45, 2.75) is 33.2 Å². The number of carbonyl (C=O) groups excluding carboxylic acids is 2. The molecule has 3 rings (SSSR count). The van der Waals surface area contributed by atoms with Crippen LogP contribution in [0.2, 0.25) is 0 Å². The van der Waals surface area contributed by atoms with Crippen LogP contribution in [-0.4, -0.2) is 16.8 Å². The van der Waals surface area contributed by atoms with E-state index in [1.807, 2.05) is 32.0 Å². The molecule has 0 bridgehead atoms. The molecule has 5 heteroatoms. The van der Waals surface area contributed by atoms with Gasteiger partial charge in [0, 0.05) is 12.1 Å². The van der Waals surface area contributed by atoms with Crippen LogP contribution in [0, 0.1) is 13.8 Å². The Morgan fingerprint density at radius 3 is 2.46 bits per heavy atom. The monoisotopic (exact) mass is 325 g/mol. The van der Waals surface area contributed by atoms with Gasteiger partial charge in [-0.25, -0.2) is 0 Å². The van der Waals surface area contributed by atoms with E-state index in [1.165, 1.54) is 11.2 Å². The van der Waals surface area contributed by atoms with Crippen molar-refractivity contribution in [2.24, 2.45) is 0 Å². The summed E-state index contributed by atoms with van der Waals surface area (Å²) in [5.41, 5.74) is 2.71. The molecule has 1 aliphatic rings. The minimum absolute atomic E-state index is 0.0941. The molecule has 24 heavy (non-hydrogen) atoms. The standard InChI is InChI=1S/C19H19NO4/c1-4-14(21)16-17(15-6-5-7-24-15)20(19(23)18(16)22)13-9-11(2)8-12(3)10-13/h5-10,17,22H,4H2,1-3H3. The van der Waals surface area contributed by atoms with Crippen LogP contribution in [0.3, 0.4) is 0 Å². The Balaban J connectivity index is 2.18. The zero-order chi connectivity index (χ0) is 17.4. The lowest BCUT2D eigenvalue weighted by atomic mass is 9.99. The highest BCUT2D eigenvalue weighted by atomic mass is 16.3. The molecule has 1 aromatic heterocycles. The van der Waals surface area contributed by atoms with Crippen LogP contribution in [-0.2, 0) is 9.59 Å². The molecule has 1 amide bonds. The summed E-state index contributed by atoms with van der Waals surface area (Å²) in [5.74, 6) is -0.905. The van der Waals surface area contributed by atoms with Crippen molar-refractivity contribution < 1.29 is 19.1 Å². The van der Waals surface area contributed by atoms with E-state index in [0.29, 0.717) is 11.4 Å². The van der Waals surface area contributed by atoms with Crippen LogP contribution in [0.4, 0.5) is 5.69 Å². The van der Waals surface area contributed by atoms with Crippen LogP contribution in [0.15, 0.2) is 52.3 Å². The zero-order valence-electron chi connectivity index (χ0n) is 13.9. The van der Waals surface area contributed by atoms with Crippen LogP contribution < -0.4 is 4.90 Å². The molecule has 2 heterocycles. The van der Waals surface area contributed by atoms with Gasteiger partial charge in [0.15, 0.2) is 11.5 Å². The lowest BCUT2D eigenvalue weighted by Gasteiger charge is -2.25. The number of hydrogen-bond acceptors (Lipinski definition) is 4. The Labute approximate surface area is 140 Å². The summed E-state index contributed by atoms with van der Waals surface area (Å²) in [6.07, 6.45) is 1.69. The smallest absolute Gasteiger partial charge is 0.294 e. The van der Waals surface area contributed by atoms with Gasteiger partial charge in [0.05, 0.1) is 11.8 Å². The van der Waals surface area contributed by atoms with Crippen molar-refractivity contribution in [3.8, 4) is 0 Å². The second kappa shape index (κ2) is 6.00. The number of amides is 1. The van der Waals surface area contributed by atoms with Gasteiger partial charge in [-0.2, -0.15) is 0 Å². The molecular formula is C19H19NO4. The Morgan fingerprint density at radius 1 is 1.25 bits per heavy atom. The molecule has 124 valence electrons. The number of aryl methyl sites for hydroxylation is 2. The van der Waals surface area contributed by atoms with Gasteiger partial charge in [-0.15, -0.1) is 0 Å². The minimum Gasteiger partial charge on any atom is -0.503 e. The molecule has 0 saturated carbocycles. The molecule has 0 radical (unpaired) electrons. The van der Waals surface area contributed by atoms with E-state index in [1.54, 1.807) is 19.1 Å². The van der Waals surface area contributed by atoms with Gasteiger partial charge in [0.25, 0.3) is 5.91 Å². The van der Waals surface area contributed by atoms with Crippen LogP contribution in [0.1, 0.15) is 36.3 Å². The number of nitrogens with zero attached hydrogens (tertiary/aromatic N) is 1. The molecule has 1 aliphatic heterocycles. The van der Waals surface area contributed by atoms with E-state index in [2.05, 4.69) is 0 Å². The second-order valence-corrected chi connectivity index (χ2v) is 5.98. The zero-order valence-corrected chi connectivity index (χ0v) is 13.9. The Kier molecular flexibility index (Phi) is 4.01. The van der Waals surface area contributed by atoms with Crippen molar-refractivity contribution in [3.63, 3.8) is 0 Å². The SMILES string of the molecule is CCC(=O)C1=C(O)C(=O)N(c2cc(C)cc(C)c2)C1c1ccco1. The number of hydrogen-bond donors (Lipinski definition) is 1. The van der Waals surface area contributed by atoms with E-state index >= 15 is 0 Å². The summed E-state index contributed by atoms with van der Waals surface area (Å²) in [6.45, 7) is 5.57. The maximum Gasteiger partial charge on any atom is 0.294 e. The number of ketones is 1. The molecular weight excluding hydrogens is 306 g/mol. The van der Waals surface area contributed by atoms with E-state index in [4.69, 9.17) is 4.42 Å². The van der Waals surface area contributed by atoms with Crippen molar-refractivity contribution >= 4 is 17.4 Å². The topological polar surface area (TPSA) is 70.8 Å². The largest absolute Gasteiger partial charge is 0.503 e. The highest BCUT2D eigenvalue weighted by Gasteiger charge is 2.45. The first-order valence-corrected chi connectivity index (χ1v) is 7.85. The number of aliphatic hydroxyl groups is 1. The number of furan rings is 1. The van der Waals surface area contributed by atoms with E-state index in [9.17, 15) is 14.7 Å². The fourth-order valence-corrected chi connectivity index (χ4v) is 3.15. The molecule has 5 nitrogen and oxygen atoms in total. The lowest BCUT2D eigenvalue weighted by Crippen LogP contribution is -2.30. The molecule has 1 N–H and O–H groups in total. The minimum atomic E-state index is -0.749. The highest BCUT2D eigenvalue weighted by molar-refractivity contribution is 6.16. The van der Waals surface area contributed by atoms with Crippen LogP contribution in [0.25, 0.3) is 0 Å². The molecule has 0 saturated heterocycles. The van der Waals surface area contributed by atoms with Gasteiger partial charge >= 0.3 is 0 Å². The predicted molar refractivity (Wildman–Crippen MR) is 89.8 cm³/mol. The first kappa shape index (κ1) is 16.1. The van der Waals surface area contributed by atoms with Gasteiger partial charge in [-0.05, 0) is 49.2 Å². The fourth-order valence-electron chi connectivity index (χ4n) is 3.15. The molecule has 1 aromatic carbocycles. The average Bonchev–Trinajstić information content (AvgIpc) is 3.13. The summed E-state index contributed by atoms with van der Waals surface area (Å²) in [6, 6.07) is 8.36. The van der Waals surface area contributed by atoms with Crippen molar-refractivity contribution in [2.75, 3.05) is 4.90 Å². The maximum atomic E-state index is 12.7. The molecule has 0 fully saturated rings. The van der Waals surface area contributed by atoms with Crippen LogP contribution >= 0.6 is 0 Å². The third-order valence-corrected chi connectivity index (χ3v) is 4.13. The first-order valence-electron chi connectivity index (χ1n) is 7.85. The maximum absolute atomic E-state index is 12.7. The summed E-state index contributed by atoms with van der Waals surface area (Å²) >= 11 is 0. The summed E-state index contributed by atoms with van der Waals surface area (Å²) in [4.78, 5) is 26.5. The van der Waals surface area contributed by atoms with Crippen molar-refractivity contribution in [1.29, 1.82) is 0 Å². The normalized spacial score (nSPS) is 17.7. The fraction of sp³-hybridized carbons (Fsp3) is 0.263. The van der Waals surface area contributed by atoms with Gasteiger partial charge < -0.3 is 9.52 Å². The van der Waals surface area contributed by atoms with E-state index in [0.717, 1.165) is 11.1 Å². The number of carbonyl (C=O) groups is 2. The number of Topliss-reactive ketones (excluding diaryl/α,β-unsaturated/α-hetero) is 1. The molecule has 1 unspecified atom stereocenters. The average molecular weight is 325 g/mol. The van der Waals surface area contributed by atoms with Crippen molar-refractivity contribution in [1.82, 2.24) is 0 Å². The Bertz CT molecular complexity index is 813. The lowest BCUT2D eigenvalue weighted by molar-refractivity contribution is -0.118. The molecule has 2 aromatic rings. The van der Waals surface area contributed by atoms with Crippen molar-refractivity contribution in [3.05, 3.63) is 64.8 Å². The summed E-state index contributed by atoms with van der Waals surface area (Å²) in [5, 5.41) is 10.3. The molecule has 0 spiro atoms. The van der Waals surface area contributed by atoms with E-state index < -0.39 is 17.7 Å². The number of anilines is 1. The number of aliphatic hydroxyl groups excluding tert-OH is 1. The van der Waals surface area contributed by atoms with Crippen LogP contribution in [0.5, 0.6) is 0 Å².